The van der Waals surface area contributed by atoms with Crippen molar-refractivity contribution < 1.29 is 4.74 Å². The quantitative estimate of drug-likeness (QED) is 0.838. The van der Waals surface area contributed by atoms with Crippen molar-refractivity contribution in [2.75, 3.05) is 7.11 Å². The number of rotatable bonds is 3. The molecule has 0 spiro atoms. The lowest BCUT2D eigenvalue weighted by Gasteiger charge is -2.19. The van der Waals surface area contributed by atoms with Gasteiger partial charge in [0, 0.05) is 11.6 Å². The third-order valence-corrected chi connectivity index (χ3v) is 2.58. The highest BCUT2D eigenvalue weighted by atomic mass is 35.5. The Hall–Kier alpha value is -0.730. The predicted molar refractivity (Wildman–Crippen MR) is 59.8 cm³/mol. The zero-order chi connectivity index (χ0) is 10.7. The summed E-state index contributed by atoms with van der Waals surface area (Å²) >= 11 is 6.00. The molecule has 0 aliphatic heterocycles. The van der Waals surface area contributed by atoms with E-state index in [1.165, 1.54) is 0 Å². The monoisotopic (exact) mass is 213 g/mol. The first-order valence-electron chi connectivity index (χ1n) is 4.66. The van der Waals surface area contributed by atoms with Crippen LogP contribution in [-0.2, 0) is 0 Å². The van der Waals surface area contributed by atoms with E-state index in [1.54, 1.807) is 13.2 Å². The van der Waals surface area contributed by atoms with Crippen molar-refractivity contribution in [1.29, 1.82) is 0 Å². The summed E-state index contributed by atoms with van der Waals surface area (Å²) in [7, 11) is 1.61. The zero-order valence-corrected chi connectivity index (χ0v) is 9.51. The predicted octanol–water partition coefficient (Wildman–Crippen LogP) is 3.00. The number of hydrogen-bond donors (Lipinski definition) is 1. The molecule has 1 rings (SSSR count). The van der Waals surface area contributed by atoms with E-state index < -0.39 is 0 Å². The Bertz CT molecular complexity index is 312. The molecule has 2 N–H and O–H groups in total. The lowest BCUT2D eigenvalue weighted by molar-refractivity contribution is 0.396. The Morgan fingerprint density at radius 3 is 2.50 bits per heavy atom. The third-order valence-electron chi connectivity index (χ3n) is 2.28. The van der Waals surface area contributed by atoms with Gasteiger partial charge in [0.25, 0.3) is 0 Å². The van der Waals surface area contributed by atoms with Gasteiger partial charge in [0.2, 0.25) is 0 Å². The summed E-state index contributed by atoms with van der Waals surface area (Å²) in [6, 6.07) is 5.61. The van der Waals surface area contributed by atoms with Crippen LogP contribution >= 0.6 is 11.6 Å². The second-order valence-electron chi connectivity index (χ2n) is 3.63. The van der Waals surface area contributed by atoms with Crippen molar-refractivity contribution in [3.05, 3.63) is 28.8 Å². The molecule has 0 heterocycles. The summed E-state index contributed by atoms with van der Waals surface area (Å²) in [5.74, 6) is 1.05. The van der Waals surface area contributed by atoms with Crippen molar-refractivity contribution >= 4 is 11.6 Å². The van der Waals surface area contributed by atoms with E-state index in [9.17, 15) is 0 Å². The van der Waals surface area contributed by atoms with Crippen LogP contribution in [0, 0.1) is 5.92 Å². The van der Waals surface area contributed by atoms with Gasteiger partial charge >= 0.3 is 0 Å². The number of halogens is 1. The molecule has 0 aliphatic rings. The van der Waals surface area contributed by atoms with E-state index >= 15 is 0 Å². The summed E-state index contributed by atoms with van der Waals surface area (Å²) in [4.78, 5) is 0. The molecule has 0 saturated heterocycles. The van der Waals surface area contributed by atoms with E-state index in [2.05, 4.69) is 13.8 Å². The maximum Gasteiger partial charge on any atom is 0.142 e. The van der Waals surface area contributed by atoms with Gasteiger partial charge in [-0.3, -0.25) is 0 Å². The Morgan fingerprint density at radius 1 is 1.36 bits per heavy atom. The molecule has 0 bridgehead atoms. The summed E-state index contributed by atoms with van der Waals surface area (Å²) in [6.45, 7) is 4.15. The van der Waals surface area contributed by atoms with Crippen LogP contribution in [0.25, 0.3) is 0 Å². The largest absolute Gasteiger partial charge is 0.495 e. The van der Waals surface area contributed by atoms with Crippen LogP contribution in [0.4, 0.5) is 0 Å². The van der Waals surface area contributed by atoms with Crippen LogP contribution < -0.4 is 10.5 Å². The molecule has 14 heavy (non-hydrogen) atoms. The number of ether oxygens (including phenoxy) is 1. The molecule has 78 valence electrons. The van der Waals surface area contributed by atoms with Gasteiger partial charge in [0.15, 0.2) is 0 Å². The summed E-state index contributed by atoms with van der Waals surface area (Å²) in [5, 5.41) is 0.612. The Morgan fingerprint density at radius 2 is 2.00 bits per heavy atom. The first-order valence-corrected chi connectivity index (χ1v) is 5.03. The van der Waals surface area contributed by atoms with Gasteiger partial charge in [-0.1, -0.05) is 37.6 Å². The van der Waals surface area contributed by atoms with Gasteiger partial charge in [-0.15, -0.1) is 0 Å². The molecule has 1 atom stereocenters. The molecule has 0 unspecified atom stereocenters. The second-order valence-corrected chi connectivity index (χ2v) is 4.04. The van der Waals surface area contributed by atoms with Crippen LogP contribution in [0.15, 0.2) is 18.2 Å². The average molecular weight is 214 g/mol. The molecule has 0 amide bonds. The minimum atomic E-state index is -0.0383. The Kier molecular flexibility index (Phi) is 3.78. The fourth-order valence-electron chi connectivity index (χ4n) is 1.36. The molecule has 2 nitrogen and oxygen atoms in total. The van der Waals surface area contributed by atoms with Crippen molar-refractivity contribution in [1.82, 2.24) is 0 Å². The molecule has 1 aromatic carbocycles. The van der Waals surface area contributed by atoms with E-state index in [0.717, 1.165) is 5.56 Å². The molecule has 3 heteroatoms. The van der Waals surface area contributed by atoms with Crippen LogP contribution in [0.3, 0.4) is 0 Å². The standard InChI is InChI=1S/C11H16ClNO/c1-7(2)10(13)8-5-4-6-9(12)11(8)14-3/h4-7,10H,13H2,1-3H3/t10-/m1/s1. The molecular weight excluding hydrogens is 198 g/mol. The minimum absolute atomic E-state index is 0.0383. The molecule has 0 saturated carbocycles. The molecule has 0 radical (unpaired) electrons. The van der Waals surface area contributed by atoms with Crippen LogP contribution in [0.5, 0.6) is 5.75 Å². The topological polar surface area (TPSA) is 35.2 Å². The van der Waals surface area contributed by atoms with E-state index in [4.69, 9.17) is 22.1 Å². The third kappa shape index (κ3) is 2.20. The van der Waals surface area contributed by atoms with Crippen LogP contribution in [0.2, 0.25) is 5.02 Å². The summed E-state index contributed by atoms with van der Waals surface area (Å²) in [6.07, 6.45) is 0. The number of para-hydroxylation sites is 1. The van der Waals surface area contributed by atoms with Crippen molar-refractivity contribution in [3.8, 4) is 5.75 Å². The summed E-state index contributed by atoms with van der Waals surface area (Å²) < 4.78 is 5.24. The van der Waals surface area contributed by atoms with Gasteiger partial charge in [0.05, 0.1) is 12.1 Å². The molecule has 0 fully saturated rings. The van der Waals surface area contributed by atoms with Gasteiger partial charge in [-0.2, -0.15) is 0 Å². The van der Waals surface area contributed by atoms with Gasteiger partial charge < -0.3 is 10.5 Å². The van der Waals surface area contributed by atoms with E-state index in [-0.39, 0.29) is 6.04 Å². The fourth-order valence-corrected chi connectivity index (χ4v) is 1.62. The molecule has 1 aromatic rings. The first kappa shape index (κ1) is 11.3. The number of methoxy groups -OCH3 is 1. The highest BCUT2D eigenvalue weighted by molar-refractivity contribution is 6.32. The Balaban J connectivity index is 3.13. The first-order chi connectivity index (χ1) is 6.57. The zero-order valence-electron chi connectivity index (χ0n) is 8.75. The number of benzene rings is 1. The molecular formula is C11H16ClNO. The maximum atomic E-state index is 6.04. The second kappa shape index (κ2) is 4.67. The van der Waals surface area contributed by atoms with E-state index in [0.29, 0.717) is 16.7 Å². The number of hydrogen-bond acceptors (Lipinski definition) is 2. The summed E-state index contributed by atoms with van der Waals surface area (Å²) in [5.41, 5.74) is 7.01. The SMILES string of the molecule is COc1c(Cl)cccc1[C@H](N)C(C)C. The number of nitrogens with two attached hydrogens (primary N) is 1. The maximum absolute atomic E-state index is 6.04. The van der Waals surface area contributed by atoms with Crippen LogP contribution in [-0.4, -0.2) is 7.11 Å². The normalized spacial score (nSPS) is 13.0. The van der Waals surface area contributed by atoms with E-state index in [1.807, 2.05) is 12.1 Å². The smallest absolute Gasteiger partial charge is 0.142 e. The van der Waals surface area contributed by atoms with Gasteiger partial charge in [0.1, 0.15) is 5.75 Å². The highest BCUT2D eigenvalue weighted by Crippen LogP contribution is 2.33. The van der Waals surface area contributed by atoms with Crippen LogP contribution in [0.1, 0.15) is 25.5 Å². The lowest BCUT2D eigenvalue weighted by atomic mass is 9.96. The average Bonchev–Trinajstić information content (AvgIpc) is 2.16. The van der Waals surface area contributed by atoms with Crippen molar-refractivity contribution in [2.24, 2.45) is 11.7 Å². The Labute approximate surface area is 90.0 Å². The van der Waals surface area contributed by atoms with Crippen molar-refractivity contribution in [2.45, 2.75) is 19.9 Å². The fraction of sp³-hybridized carbons (Fsp3) is 0.455. The minimum Gasteiger partial charge on any atom is -0.495 e. The van der Waals surface area contributed by atoms with Gasteiger partial charge in [-0.25, -0.2) is 0 Å². The highest BCUT2D eigenvalue weighted by Gasteiger charge is 2.16. The molecule has 0 aliphatic carbocycles. The molecule has 0 aromatic heterocycles. The van der Waals surface area contributed by atoms with Gasteiger partial charge in [-0.05, 0) is 12.0 Å². The van der Waals surface area contributed by atoms with Crippen molar-refractivity contribution in [3.63, 3.8) is 0 Å². The lowest BCUT2D eigenvalue weighted by Crippen LogP contribution is -2.17.